The Kier molecular flexibility index (Phi) is 2.48. The Morgan fingerprint density at radius 1 is 1.67 bits per heavy atom. The van der Waals surface area contributed by atoms with Gasteiger partial charge in [-0.25, -0.2) is 0 Å². The van der Waals surface area contributed by atoms with Crippen molar-refractivity contribution in [2.45, 2.75) is 38.8 Å². The Labute approximate surface area is 88.0 Å². The van der Waals surface area contributed by atoms with Crippen LogP contribution in [-0.2, 0) is 11.2 Å². The summed E-state index contributed by atoms with van der Waals surface area (Å²) in [6.45, 7) is 3.65. The van der Waals surface area contributed by atoms with Crippen molar-refractivity contribution in [3.05, 3.63) is 17.0 Å². The second-order valence-corrected chi connectivity index (χ2v) is 4.05. The lowest BCUT2D eigenvalue weighted by Gasteiger charge is -2.02. The van der Waals surface area contributed by atoms with E-state index >= 15 is 0 Å². The Balaban J connectivity index is 1.93. The maximum absolute atomic E-state index is 11.6. The third kappa shape index (κ3) is 2.18. The highest BCUT2D eigenvalue weighted by Crippen LogP contribution is 2.18. The fourth-order valence-electron chi connectivity index (χ4n) is 1.55. The molecule has 5 nitrogen and oxygen atoms in total. The van der Waals surface area contributed by atoms with Crippen LogP contribution < -0.4 is 11.1 Å². The quantitative estimate of drug-likeness (QED) is 0.737. The van der Waals surface area contributed by atoms with Crippen molar-refractivity contribution in [2.75, 3.05) is 0 Å². The summed E-state index contributed by atoms with van der Waals surface area (Å²) in [6, 6.07) is 0.302. The SMILES string of the molecule is Cc1noc(C)c1CC(=O)NC1CC1N. The Morgan fingerprint density at radius 3 is 2.80 bits per heavy atom. The molecule has 2 rings (SSSR count). The molecule has 0 spiro atoms. The normalized spacial score (nSPS) is 23.9. The van der Waals surface area contributed by atoms with E-state index in [0.717, 1.165) is 17.7 Å². The van der Waals surface area contributed by atoms with Gasteiger partial charge in [0.1, 0.15) is 5.76 Å². The highest BCUT2D eigenvalue weighted by Gasteiger charge is 2.34. The number of hydrogen-bond acceptors (Lipinski definition) is 4. The number of rotatable bonds is 3. The minimum atomic E-state index is -0.0117. The van der Waals surface area contributed by atoms with Crippen LogP contribution in [0.5, 0.6) is 0 Å². The second-order valence-electron chi connectivity index (χ2n) is 4.05. The summed E-state index contributed by atoms with van der Waals surface area (Å²) in [7, 11) is 0. The highest BCUT2D eigenvalue weighted by atomic mass is 16.5. The van der Waals surface area contributed by atoms with Crippen molar-refractivity contribution in [1.29, 1.82) is 0 Å². The molecular weight excluding hydrogens is 194 g/mol. The van der Waals surface area contributed by atoms with E-state index < -0.39 is 0 Å². The van der Waals surface area contributed by atoms with Gasteiger partial charge in [-0.05, 0) is 20.3 Å². The number of amides is 1. The van der Waals surface area contributed by atoms with Crippen molar-refractivity contribution >= 4 is 5.91 Å². The minimum Gasteiger partial charge on any atom is -0.361 e. The molecule has 1 saturated carbocycles. The zero-order valence-corrected chi connectivity index (χ0v) is 8.91. The summed E-state index contributed by atoms with van der Waals surface area (Å²) >= 11 is 0. The van der Waals surface area contributed by atoms with Crippen LogP contribution in [0.4, 0.5) is 0 Å². The van der Waals surface area contributed by atoms with Crippen molar-refractivity contribution < 1.29 is 9.32 Å². The van der Waals surface area contributed by atoms with E-state index in [9.17, 15) is 4.79 Å². The number of hydrogen-bond donors (Lipinski definition) is 2. The van der Waals surface area contributed by atoms with E-state index in [1.807, 2.05) is 13.8 Å². The van der Waals surface area contributed by atoms with E-state index in [1.165, 1.54) is 0 Å². The molecule has 1 aliphatic rings. The average Bonchev–Trinajstić information content (AvgIpc) is 2.77. The molecule has 1 aromatic heterocycles. The first kappa shape index (κ1) is 10.2. The van der Waals surface area contributed by atoms with Gasteiger partial charge in [0.2, 0.25) is 5.91 Å². The van der Waals surface area contributed by atoms with Crippen LogP contribution in [0.15, 0.2) is 4.52 Å². The molecule has 0 aromatic carbocycles. The largest absolute Gasteiger partial charge is 0.361 e. The molecule has 5 heteroatoms. The molecule has 0 saturated heterocycles. The highest BCUT2D eigenvalue weighted by molar-refractivity contribution is 5.79. The monoisotopic (exact) mass is 209 g/mol. The van der Waals surface area contributed by atoms with Gasteiger partial charge in [-0.3, -0.25) is 4.79 Å². The molecule has 1 aliphatic carbocycles. The van der Waals surface area contributed by atoms with E-state index in [0.29, 0.717) is 12.2 Å². The van der Waals surface area contributed by atoms with Crippen LogP contribution in [0, 0.1) is 13.8 Å². The standard InChI is InChI=1S/C10H15N3O2/c1-5-7(6(2)15-13-5)3-10(14)12-9-4-8(9)11/h8-9H,3-4,11H2,1-2H3,(H,12,14). The molecule has 2 unspecified atom stereocenters. The van der Waals surface area contributed by atoms with Gasteiger partial charge in [-0.15, -0.1) is 0 Å². The van der Waals surface area contributed by atoms with Gasteiger partial charge in [0, 0.05) is 17.6 Å². The van der Waals surface area contributed by atoms with Gasteiger partial charge in [0.05, 0.1) is 12.1 Å². The van der Waals surface area contributed by atoms with E-state index in [1.54, 1.807) is 0 Å². The third-order valence-corrected chi connectivity index (χ3v) is 2.70. The number of nitrogens with one attached hydrogen (secondary N) is 1. The molecular formula is C10H15N3O2. The number of aromatic nitrogens is 1. The Bertz CT molecular complexity index is 367. The van der Waals surface area contributed by atoms with Crippen molar-refractivity contribution in [3.8, 4) is 0 Å². The van der Waals surface area contributed by atoms with Crippen LogP contribution in [0.1, 0.15) is 23.4 Å². The van der Waals surface area contributed by atoms with Crippen molar-refractivity contribution in [1.82, 2.24) is 10.5 Å². The molecule has 1 aromatic rings. The number of nitrogens with two attached hydrogens (primary N) is 1. The Morgan fingerprint density at radius 2 is 2.33 bits per heavy atom. The fourth-order valence-corrected chi connectivity index (χ4v) is 1.55. The predicted octanol–water partition coefficient (Wildman–Crippen LogP) is 0.0497. The van der Waals surface area contributed by atoms with Crippen LogP contribution in [0.3, 0.4) is 0 Å². The summed E-state index contributed by atoms with van der Waals surface area (Å²) in [4.78, 5) is 11.6. The fraction of sp³-hybridized carbons (Fsp3) is 0.600. The first-order valence-electron chi connectivity index (χ1n) is 5.04. The maximum Gasteiger partial charge on any atom is 0.224 e. The van der Waals surface area contributed by atoms with Gasteiger partial charge in [-0.1, -0.05) is 5.16 Å². The number of carbonyl (C=O) groups is 1. The van der Waals surface area contributed by atoms with Gasteiger partial charge < -0.3 is 15.6 Å². The number of aryl methyl sites for hydroxylation is 2. The topological polar surface area (TPSA) is 81.2 Å². The number of carbonyl (C=O) groups excluding carboxylic acids is 1. The van der Waals surface area contributed by atoms with E-state index in [2.05, 4.69) is 10.5 Å². The predicted molar refractivity (Wildman–Crippen MR) is 54.2 cm³/mol. The zero-order valence-electron chi connectivity index (χ0n) is 8.91. The van der Waals surface area contributed by atoms with Gasteiger partial charge in [-0.2, -0.15) is 0 Å². The summed E-state index contributed by atoms with van der Waals surface area (Å²) in [6.07, 6.45) is 1.21. The first-order valence-corrected chi connectivity index (χ1v) is 5.04. The summed E-state index contributed by atoms with van der Waals surface area (Å²) in [5, 5.41) is 6.66. The second kappa shape index (κ2) is 3.66. The van der Waals surface area contributed by atoms with Crippen LogP contribution in [0.2, 0.25) is 0 Å². The van der Waals surface area contributed by atoms with Gasteiger partial charge in [0.15, 0.2) is 0 Å². The maximum atomic E-state index is 11.6. The minimum absolute atomic E-state index is 0.0117. The third-order valence-electron chi connectivity index (χ3n) is 2.70. The Hall–Kier alpha value is -1.36. The van der Waals surface area contributed by atoms with Crippen LogP contribution in [0.25, 0.3) is 0 Å². The molecule has 15 heavy (non-hydrogen) atoms. The van der Waals surface area contributed by atoms with Crippen LogP contribution >= 0.6 is 0 Å². The van der Waals surface area contributed by atoms with Gasteiger partial charge >= 0.3 is 0 Å². The number of nitrogens with zero attached hydrogens (tertiary/aromatic N) is 1. The van der Waals surface area contributed by atoms with Crippen molar-refractivity contribution in [2.24, 2.45) is 5.73 Å². The smallest absolute Gasteiger partial charge is 0.224 e. The molecule has 0 bridgehead atoms. The molecule has 1 fully saturated rings. The first-order chi connectivity index (χ1) is 7.08. The lowest BCUT2D eigenvalue weighted by molar-refractivity contribution is -0.120. The van der Waals surface area contributed by atoms with E-state index in [-0.39, 0.29) is 18.0 Å². The molecule has 0 aliphatic heterocycles. The lowest BCUT2D eigenvalue weighted by Crippen LogP contribution is -2.31. The summed E-state index contributed by atoms with van der Waals surface area (Å²) in [5.74, 6) is 0.699. The molecule has 3 N–H and O–H groups in total. The zero-order chi connectivity index (χ0) is 11.0. The van der Waals surface area contributed by atoms with Crippen molar-refractivity contribution in [3.63, 3.8) is 0 Å². The molecule has 82 valence electrons. The molecule has 2 atom stereocenters. The molecule has 1 heterocycles. The van der Waals surface area contributed by atoms with Crippen LogP contribution in [-0.4, -0.2) is 23.1 Å². The van der Waals surface area contributed by atoms with E-state index in [4.69, 9.17) is 10.3 Å². The molecule has 0 radical (unpaired) electrons. The van der Waals surface area contributed by atoms with Gasteiger partial charge in [0.25, 0.3) is 0 Å². The lowest BCUT2D eigenvalue weighted by atomic mass is 10.1. The molecule has 1 amide bonds. The summed E-state index contributed by atoms with van der Waals surface area (Å²) in [5.41, 5.74) is 7.26. The summed E-state index contributed by atoms with van der Waals surface area (Å²) < 4.78 is 4.98. The average molecular weight is 209 g/mol.